The zero-order chi connectivity index (χ0) is 23.3. The standard InChI is InChI=1S/C22H18ClFN2O5S/c1-31-21(27)16-3-2-4-19(11-16)32(29,30)26-22(28)25-13-17-6-5-15(12-20(17)24)14-7-9-18(23)10-8-14/h2-12H,13H2,1H3,(H2,25,26,28). The first-order chi connectivity index (χ1) is 15.2. The van der Waals surface area contributed by atoms with Gasteiger partial charge in [-0.25, -0.2) is 27.1 Å². The third-order valence-corrected chi connectivity index (χ3v) is 6.04. The van der Waals surface area contributed by atoms with E-state index in [0.29, 0.717) is 10.6 Å². The van der Waals surface area contributed by atoms with Crippen LogP contribution in [-0.2, 0) is 21.3 Å². The van der Waals surface area contributed by atoms with Crippen LogP contribution < -0.4 is 10.0 Å². The number of halogens is 2. The summed E-state index contributed by atoms with van der Waals surface area (Å²) in [7, 11) is -3.10. The second kappa shape index (κ2) is 9.80. The SMILES string of the molecule is COC(=O)c1cccc(S(=O)(=O)NC(=O)NCc2ccc(-c3ccc(Cl)cc3)cc2F)c1. The number of esters is 1. The first kappa shape index (κ1) is 23.2. The number of rotatable bonds is 6. The van der Waals surface area contributed by atoms with Crippen LogP contribution in [0.25, 0.3) is 11.1 Å². The van der Waals surface area contributed by atoms with Crippen LogP contribution in [0.2, 0.25) is 5.02 Å². The van der Waals surface area contributed by atoms with Crippen molar-refractivity contribution in [3.05, 3.63) is 88.7 Å². The number of nitrogens with one attached hydrogen (secondary N) is 2. The fourth-order valence-electron chi connectivity index (χ4n) is 2.81. The molecule has 3 aromatic carbocycles. The predicted octanol–water partition coefficient (Wildman–Crippen LogP) is 4.12. The summed E-state index contributed by atoms with van der Waals surface area (Å²) >= 11 is 5.86. The topological polar surface area (TPSA) is 102 Å². The van der Waals surface area contributed by atoms with Crippen LogP contribution >= 0.6 is 11.6 Å². The summed E-state index contributed by atoms with van der Waals surface area (Å²) in [5.41, 5.74) is 1.58. The van der Waals surface area contributed by atoms with E-state index >= 15 is 0 Å². The summed E-state index contributed by atoms with van der Waals surface area (Å²) in [4.78, 5) is 23.4. The first-order valence-corrected chi connectivity index (χ1v) is 11.1. The Balaban J connectivity index is 1.65. The predicted molar refractivity (Wildman–Crippen MR) is 117 cm³/mol. The van der Waals surface area contributed by atoms with Gasteiger partial charge in [0.2, 0.25) is 0 Å². The number of methoxy groups -OCH3 is 1. The Morgan fingerprint density at radius 3 is 2.34 bits per heavy atom. The molecule has 0 saturated heterocycles. The van der Waals surface area contributed by atoms with Crippen molar-refractivity contribution in [2.24, 2.45) is 0 Å². The van der Waals surface area contributed by atoms with Gasteiger partial charge >= 0.3 is 12.0 Å². The molecule has 3 rings (SSSR count). The summed E-state index contributed by atoms with van der Waals surface area (Å²) < 4.78 is 45.6. The molecule has 3 aromatic rings. The van der Waals surface area contributed by atoms with E-state index < -0.39 is 27.8 Å². The lowest BCUT2D eigenvalue weighted by molar-refractivity contribution is 0.0600. The summed E-state index contributed by atoms with van der Waals surface area (Å²) in [6.07, 6.45) is 0. The van der Waals surface area contributed by atoms with E-state index in [1.807, 2.05) is 4.72 Å². The molecule has 0 aliphatic rings. The molecule has 0 unspecified atom stereocenters. The second-order valence-electron chi connectivity index (χ2n) is 6.62. The molecular weight excluding hydrogens is 459 g/mol. The maximum Gasteiger partial charge on any atom is 0.337 e. The molecule has 0 aromatic heterocycles. The maximum atomic E-state index is 14.5. The van der Waals surface area contributed by atoms with Crippen molar-refractivity contribution in [3.8, 4) is 11.1 Å². The zero-order valence-electron chi connectivity index (χ0n) is 16.8. The van der Waals surface area contributed by atoms with E-state index in [2.05, 4.69) is 10.1 Å². The molecule has 10 heteroatoms. The van der Waals surface area contributed by atoms with Crippen molar-refractivity contribution < 1.29 is 27.1 Å². The smallest absolute Gasteiger partial charge is 0.337 e. The van der Waals surface area contributed by atoms with Crippen LogP contribution in [0.15, 0.2) is 71.6 Å². The first-order valence-electron chi connectivity index (χ1n) is 9.23. The van der Waals surface area contributed by atoms with Gasteiger partial charge in [0.1, 0.15) is 5.82 Å². The highest BCUT2D eigenvalue weighted by Gasteiger charge is 2.19. The van der Waals surface area contributed by atoms with E-state index in [1.54, 1.807) is 30.3 Å². The monoisotopic (exact) mass is 476 g/mol. The van der Waals surface area contributed by atoms with Crippen molar-refractivity contribution in [3.63, 3.8) is 0 Å². The average Bonchev–Trinajstić information content (AvgIpc) is 2.78. The second-order valence-corrected chi connectivity index (χ2v) is 8.74. The number of hydrogen-bond acceptors (Lipinski definition) is 5. The van der Waals surface area contributed by atoms with Crippen LogP contribution in [0.1, 0.15) is 15.9 Å². The van der Waals surface area contributed by atoms with Crippen molar-refractivity contribution in [2.45, 2.75) is 11.4 Å². The Kier molecular flexibility index (Phi) is 7.12. The Morgan fingerprint density at radius 2 is 1.69 bits per heavy atom. The number of urea groups is 1. The lowest BCUT2D eigenvalue weighted by atomic mass is 10.0. The molecule has 32 heavy (non-hydrogen) atoms. The van der Waals surface area contributed by atoms with Gasteiger partial charge in [-0.15, -0.1) is 0 Å². The zero-order valence-corrected chi connectivity index (χ0v) is 18.3. The maximum absolute atomic E-state index is 14.5. The highest BCUT2D eigenvalue weighted by atomic mass is 35.5. The molecule has 2 amide bonds. The van der Waals surface area contributed by atoms with Gasteiger partial charge in [0, 0.05) is 17.1 Å². The molecule has 0 aliphatic carbocycles. The summed E-state index contributed by atoms with van der Waals surface area (Å²) in [6.45, 7) is -0.240. The molecule has 0 bridgehead atoms. The van der Waals surface area contributed by atoms with E-state index in [0.717, 1.165) is 18.7 Å². The van der Waals surface area contributed by atoms with Crippen LogP contribution in [0.3, 0.4) is 0 Å². The van der Waals surface area contributed by atoms with Crippen molar-refractivity contribution >= 4 is 33.6 Å². The molecule has 0 saturated carbocycles. The van der Waals surface area contributed by atoms with Crippen molar-refractivity contribution in [1.82, 2.24) is 10.0 Å². The number of amides is 2. The number of carbonyl (C=O) groups excluding carboxylic acids is 2. The van der Waals surface area contributed by atoms with Gasteiger partial charge < -0.3 is 10.1 Å². The van der Waals surface area contributed by atoms with Crippen molar-refractivity contribution in [2.75, 3.05) is 7.11 Å². The van der Waals surface area contributed by atoms with Crippen molar-refractivity contribution in [1.29, 1.82) is 0 Å². The fraction of sp³-hybridized carbons (Fsp3) is 0.0909. The van der Waals surface area contributed by atoms with Gasteiger partial charge in [-0.05, 0) is 47.5 Å². The summed E-state index contributed by atoms with van der Waals surface area (Å²) in [5.74, 6) is -1.28. The molecule has 2 N–H and O–H groups in total. The molecule has 0 fully saturated rings. The molecule has 0 heterocycles. The van der Waals surface area contributed by atoms with Crippen LogP contribution in [0.4, 0.5) is 9.18 Å². The minimum absolute atomic E-state index is 0.0126. The van der Waals surface area contributed by atoms with E-state index in [1.165, 1.54) is 30.3 Å². The summed E-state index contributed by atoms with van der Waals surface area (Å²) in [5, 5.41) is 2.87. The van der Waals surface area contributed by atoms with Gasteiger partial charge in [0.05, 0.1) is 17.6 Å². The van der Waals surface area contributed by atoms with E-state index in [4.69, 9.17) is 11.6 Å². The molecule has 0 spiro atoms. The van der Waals surface area contributed by atoms with Gasteiger partial charge in [0.25, 0.3) is 10.0 Å². The summed E-state index contributed by atoms with van der Waals surface area (Å²) in [6, 6.07) is 15.3. The average molecular weight is 477 g/mol. The molecule has 0 atom stereocenters. The quantitative estimate of drug-likeness (QED) is 0.521. The Morgan fingerprint density at radius 1 is 1.00 bits per heavy atom. The normalized spacial score (nSPS) is 11.0. The molecular formula is C22H18ClFN2O5S. The molecule has 7 nitrogen and oxygen atoms in total. The Hall–Kier alpha value is -3.43. The van der Waals surface area contributed by atoms with E-state index in [-0.39, 0.29) is 22.6 Å². The van der Waals surface area contributed by atoms with Gasteiger partial charge in [-0.1, -0.05) is 41.9 Å². The minimum Gasteiger partial charge on any atom is -0.465 e. The van der Waals surface area contributed by atoms with Crippen LogP contribution in [0.5, 0.6) is 0 Å². The lowest BCUT2D eigenvalue weighted by Crippen LogP contribution is -2.39. The lowest BCUT2D eigenvalue weighted by Gasteiger charge is -2.11. The third-order valence-electron chi connectivity index (χ3n) is 4.46. The molecule has 0 aliphatic heterocycles. The highest BCUT2D eigenvalue weighted by Crippen LogP contribution is 2.23. The van der Waals surface area contributed by atoms with Gasteiger partial charge in [-0.2, -0.15) is 0 Å². The van der Waals surface area contributed by atoms with Gasteiger partial charge in [0.15, 0.2) is 0 Å². The number of carbonyl (C=O) groups is 2. The Bertz CT molecular complexity index is 1260. The van der Waals surface area contributed by atoms with Crippen LogP contribution in [0, 0.1) is 5.82 Å². The fourth-order valence-corrected chi connectivity index (χ4v) is 3.91. The molecule has 166 valence electrons. The number of sulfonamides is 1. The van der Waals surface area contributed by atoms with E-state index in [9.17, 15) is 22.4 Å². The minimum atomic E-state index is -4.26. The molecule has 0 radical (unpaired) electrons. The number of benzene rings is 3. The number of ether oxygens (including phenoxy) is 1. The highest BCUT2D eigenvalue weighted by molar-refractivity contribution is 7.90. The number of hydrogen-bond donors (Lipinski definition) is 2. The van der Waals surface area contributed by atoms with Crippen LogP contribution in [-0.4, -0.2) is 27.5 Å². The third kappa shape index (κ3) is 5.63. The largest absolute Gasteiger partial charge is 0.465 e. The Labute approximate surface area is 189 Å². The van der Waals surface area contributed by atoms with Gasteiger partial charge in [-0.3, -0.25) is 0 Å².